The molecule has 2 nitrogen and oxygen atoms in total. The van der Waals surface area contributed by atoms with Crippen LogP contribution in [0.4, 0.5) is 0 Å². The summed E-state index contributed by atoms with van der Waals surface area (Å²) in [7, 11) is -1.18. The SMILES string of the molecule is CC(C)(C)S(=O)N=C1c2cc(Br)ccc2CCC12CC2. The molecule has 0 aromatic heterocycles. The van der Waals surface area contributed by atoms with E-state index in [0.717, 1.165) is 23.0 Å². The summed E-state index contributed by atoms with van der Waals surface area (Å²) in [5.74, 6) is 0. The van der Waals surface area contributed by atoms with Crippen LogP contribution in [0.1, 0.15) is 51.2 Å². The molecule has 0 heterocycles. The fraction of sp³-hybridized carbons (Fsp3) is 0.562. The first-order valence-electron chi connectivity index (χ1n) is 7.12. The van der Waals surface area contributed by atoms with Crippen LogP contribution in [0.5, 0.6) is 0 Å². The molecule has 4 heteroatoms. The number of halogens is 1. The molecule has 108 valence electrons. The number of nitrogens with zero attached hydrogens (tertiary/aromatic N) is 1. The maximum absolute atomic E-state index is 12.5. The predicted octanol–water partition coefficient (Wildman–Crippen LogP) is 4.43. The first-order valence-corrected chi connectivity index (χ1v) is 9.02. The topological polar surface area (TPSA) is 29.4 Å². The van der Waals surface area contributed by atoms with Crippen molar-refractivity contribution in [1.82, 2.24) is 0 Å². The molecule has 2 aliphatic rings. The Kier molecular flexibility index (Phi) is 3.45. The summed E-state index contributed by atoms with van der Waals surface area (Å²) < 4.78 is 17.9. The Morgan fingerprint density at radius 3 is 2.55 bits per heavy atom. The van der Waals surface area contributed by atoms with E-state index in [0.29, 0.717) is 0 Å². The van der Waals surface area contributed by atoms with E-state index in [9.17, 15) is 4.21 Å². The number of benzene rings is 1. The van der Waals surface area contributed by atoms with Crippen LogP contribution in [0.3, 0.4) is 0 Å². The van der Waals surface area contributed by atoms with Crippen molar-refractivity contribution < 1.29 is 4.21 Å². The van der Waals surface area contributed by atoms with Gasteiger partial charge in [0.25, 0.3) is 0 Å². The third-order valence-corrected chi connectivity index (χ3v) is 6.14. The normalized spacial score (nSPS) is 23.7. The van der Waals surface area contributed by atoms with E-state index in [1.54, 1.807) is 0 Å². The zero-order valence-electron chi connectivity index (χ0n) is 12.2. The minimum absolute atomic E-state index is 0.217. The summed E-state index contributed by atoms with van der Waals surface area (Å²) in [4.78, 5) is 0. The molecule has 0 amide bonds. The van der Waals surface area contributed by atoms with Crippen molar-refractivity contribution >= 4 is 32.6 Å². The fourth-order valence-corrected chi connectivity index (χ4v) is 3.86. The molecule has 0 radical (unpaired) electrons. The van der Waals surface area contributed by atoms with Gasteiger partial charge in [-0.3, -0.25) is 0 Å². The van der Waals surface area contributed by atoms with Crippen molar-refractivity contribution in [3.8, 4) is 0 Å². The van der Waals surface area contributed by atoms with Crippen LogP contribution in [0, 0.1) is 5.41 Å². The maximum atomic E-state index is 12.5. The highest BCUT2D eigenvalue weighted by atomic mass is 79.9. The lowest BCUT2D eigenvalue weighted by Crippen LogP contribution is -2.28. The van der Waals surface area contributed by atoms with Crippen LogP contribution >= 0.6 is 15.9 Å². The standard InChI is InChI=1S/C16H20BrNOS/c1-15(2,3)20(19)18-14-13-10-12(17)5-4-11(13)6-7-16(14)8-9-16/h4-5,10H,6-9H2,1-3H3. The smallest absolute Gasteiger partial charge is 0.145 e. The molecule has 1 saturated carbocycles. The monoisotopic (exact) mass is 353 g/mol. The van der Waals surface area contributed by atoms with E-state index in [4.69, 9.17) is 0 Å². The van der Waals surface area contributed by atoms with Crippen molar-refractivity contribution in [2.75, 3.05) is 0 Å². The van der Waals surface area contributed by atoms with Gasteiger partial charge in [0.05, 0.1) is 10.5 Å². The van der Waals surface area contributed by atoms with E-state index in [2.05, 4.69) is 38.5 Å². The Bertz CT molecular complexity index is 611. The van der Waals surface area contributed by atoms with Crippen LogP contribution in [-0.2, 0) is 17.4 Å². The molecule has 1 unspecified atom stereocenters. The quantitative estimate of drug-likeness (QED) is 0.734. The van der Waals surface area contributed by atoms with E-state index in [-0.39, 0.29) is 10.2 Å². The summed E-state index contributed by atoms with van der Waals surface area (Å²) in [6.07, 6.45) is 4.66. The predicted molar refractivity (Wildman–Crippen MR) is 88.6 cm³/mol. The molecule has 1 spiro atoms. The summed E-state index contributed by atoms with van der Waals surface area (Å²) in [5.41, 5.74) is 3.86. The average molecular weight is 354 g/mol. The van der Waals surface area contributed by atoms with Crippen molar-refractivity contribution in [2.24, 2.45) is 9.81 Å². The Morgan fingerprint density at radius 1 is 1.25 bits per heavy atom. The molecule has 3 rings (SSSR count). The first kappa shape index (κ1) is 14.5. The molecule has 1 aromatic rings. The van der Waals surface area contributed by atoms with Gasteiger partial charge in [-0.2, -0.15) is 4.40 Å². The van der Waals surface area contributed by atoms with Crippen LogP contribution in [0.25, 0.3) is 0 Å². The van der Waals surface area contributed by atoms with Gasteiger partial charge in [-0.15, -0.1) is 0 Å². The molecule has 0 N–H and O–H groups in total. The van der Waals surface area contributed by atoms with E-state index in [1.807, 2.05) is 20.8 Å². The summed E-state index contributed by atoms with van der Waals surface area (Å²) >= 11 is 3.55. The van der Waals surface area contributed by atoms with Crippen LogP contribution < -0.4 is 0 Å². The van der Waals surface area contributed by atoms with Gasteiger partial charge in [0, 0.05) is 15.5 Å². The molecule has 1 fully saturated rings. The van der Waals surface area contributed by atoms with E-state index < -0.39 is 11.0 Å². The second-order valence-electron chi connectivity index (χ2n) is 6.88. The Labute approximate surface area is 131 Å². The second-order valence-corrected chi connectivity index (χ2v) is 9.70. The first-order chi connectivity index (χ1) is 9.32. The summed E-state index contributed by atoms with van der Waals surface area (Å²) in [5, 5.41) is 0. The lowest BCUT2D eigenvalue weighted by molar-refractivity contribution is 0.603. The van der Waals surface area contributed by atoms with Crippen molar-refractivity contribution in [3.63, 3.8) is 0 Å². The molecule has 1 atom stereocenters. The fourth-order valence-electron chi connectivity index (χ4n) is 2.77. The number of hydrogen-bond donors (Lipinski definition) is 0. The van der Waals surface area contributed by atoms with Crippen LogP contribution in [-0.4, -0.2) is 14.7 Å². The lowest BCUT2D eigenvalue weighted by atomic mass is 9.80. The van der Waals surface area contributed by atoms with Gasteiger partial charge in [0.2, 0.25) is 0 Å². The van der Waals surface area contributed by atoms with Crippen LogP contribution in [0.15, 0.2) is 27.1 Å². The molecule has 2 aliphatic carbocycles. The Morgan fingerprint density at radius 2 is 1.95 bits per heavy atom. The lowest BCUT2D eigenvalue weighted by Gasteiger charge is -2.27. The van der Waals surface area contributed by atoms with Gasteiger partial charge in [0.15, 0.2) is 0 Å². The number of fused-ring (bicyclic) bond motifs is 1. The van der Waals surface area contributed by atoms with Crippen molar-refractivity contribution in [2.45, 2.75) is 51.2 Å². The van der Waals surface area contributed by atoms with E-state index >= 15 is 0 Å². The van der Waals surface area contributed by atoms with Crippen molar-refractivity contribution in [1.29, 1.82) is 0 Å². The van der Waals surface area contributed by atoms with Crippen molar-refractivity contribution in [3.05, 3.63) is 33.8 Å². The number of hydrogen-bond acceptors (Lipinski definition) is 1. The van der Waals surface area contributed by atoms with Gasteiger partial charge in [-0.1, -0.05) is 22.0 Å². The molecular weight excluding hydrogens is 334 g/mol. The summed E-state index contributed by atoms with van der Waals surface area (Å²) in [6.45, 7) is 5.95. The zero-order valence-corrected chi connectivity index (χ0v) is 14.6. The van der Waals surface area contributed by atoms with Gasteiger partial charge < -0.3 is 0 Å². The zero-order chi connectivity index (χ0) is 14.5. The van der Waals surface area contributed by atoms with E-state index in [1.165, 1.54) is 24.0 Å². The molecule has 0 aliphatic heterocycles. The van der Waals surface area contributed by atoms with Gasteiger partial charge in [-0.05, 0) is 64.2 Å². The maximum Gasteiger partial charge on any atom is 0.145 e. The minimum atomic E-state index is -1.18. The molecule has 0 saturated heterocycles. The third kappa shape index (κ3) is 2.52. The van der Waals surface area contributed by atoms with Gasteiger partial charge in [-0.25, -0.2) is 4.21 Å². The van der Waals surface area contributed by atoms with Gasteiger partial charge >= 0.3 is 0 Å². The molecular formula is C16H20BrNOS. The second kappa shape index (κ2) is 4.77. The largest absolute Gasteiger partial charge is 0.234 e. The number of aryl methyl sites for hydroxylation is 1. The Hall–Kier alpha value is -0.480. The van der Waals surface area contributed by atoms with Crippen LogP contribution in [0.2, 0.25) is 0 Å². The minimum Gasteiger partial charge on any atom is -0.234 e. The highest BCUT2D eigenvalue weighted by molar-refractivity contribution is 9.10. The van der Waals surface area contributed by atoms with Gasteiger partial charge in [0.1, 0.15) is 11.0 Å². The average Bonchev–Trinajstić information content (AvgIpc) is 3.12. The highest BCUT2D eigenvalue weighted by Crippen LogP contribution is 2.55. The third-order valence-electron chi connectivity index (χ3n) is 4.25. The number of rotatable bonds is 1. The molecule has 1 aromatic carbocycles. The molecule has 0 bridgehead atoms. The summed E-state index contributed by atoms with van der Waals surface area (Å²) in [6, 6.07) is 6.40. The molecule has 20 heavy (non-hydrogen) atoms. The Balaban J connectivity index is 2.10. The highest BCUT2D eigenvalue weighted by Gasteiger charge is 2.50.